The van der Waals surface area contributed by atoms with Crippen molar-refractivity contribution in [3.8, 4) is 5.75 Å². The standard InChI is InChI=1S/C24H34N4O8S/c1-37-12-10-18(23(34)28-11-2-3-19(28)24(35)36)27-22(33)17(8-9-20(30)31)26-21(32)16(25)13-14-4-6-15(29)7-5-14/h4-7,16-19,29H,2-3,8-13,25H2,1H3,(H,26,32)(H,27,33)(H,30,31)(H,35,36). The smallest absolute Gasteiger partial charge is 0.326 e. The van der Waals surface area contributed by atoms with Crippen molar-refractivity contribution in [3.05, 3.63) is 29.8 Å². The van der Waals surface area contributed by atoms with Gasteiger partial charge in [0.25, 0.3) is 0 Å². The molecule has 3 amide bonds. The van der Waals surface area contributed by atoms with Gasteiger partial charge in [-0.2, -0.15) is 11.8 Å². The van der Waals surface area contributed by atoms with Gasteiger partial charge in [-0.05, 0) is 61.8 Å². The van der Waals surface area contributed by atoms with Crippen molar-refractivity contribution in [2.45, 2.75) is 62.7 Å². The van der Waals surface area contributed by atoms with Gasteiger partial charge in [0.2, 0.25) is 17.7 Å². The van der Waals surface area contributed by atoms with E-state index in [4.69, 9.17) is 10.8 Å². The Balaban J connectivity index is 2.13. The van der Waals surface area contributed by atoms with Crippen LogP contribution in [-0.2, 0) is 30.4 Å². The summed E-state index contributed by atoms with van der Waals surface area (Å²) in [5.41, 5.74) is 6.67. The first kappa shape index (κ1) is 29.9. The van der Waals surface area contributed by atoms with Gasteiger partial charge in [0.1, 0.15) is 23.9 Å². The minimum absolute atomic E-state index is 0.0568. The monoisotopic (exact) mass is 538 g/mol. The van der Waals surface area contributed by atoms with Crippen LogP contribution in [0.4, 0.5) is 0 Å². The Hall–Kier alpha value is -3.32. The molecule has 1 aliphatic heterocycles. The van der Waals surface area contributed by atoms with E-state index in [1.165, 1.54) is 28.8 Å². The minimum atomic E-state index is -1.27. The molecule has 1 aliphatic rings. The lowest BCUT2D eigenvalue weighted by Gasteiger charge is -2.29. The number of carbonyl (C=O) groups excluding carboxylic acids is 3. The molecular weight excluding hydrogens is 504 g/mol. The van der Waals surface area contributed by atoms with E-state index >= 15 is 0 Å². The van der Waals surface area contributed by atoms with Crippen LogP contribution in [0, 0.1) is 0 Å². The van der Waals surface area contributed by atoms with Gasteiger partial charge in [0, 0.05) is 13.0 Å². The topological polar surface area (TPSA) is 199 Å². The number of carbonyl (C=O) groups is 5. The quantitative estimate of drug-likeness (QED) is 0.186. The number of phenolic OH excluding ortho intramolecular Hbond substituents is 1. The van der Waals surface area contributed by atoms with E-state index in [1.807, 2.05) is 6.26 Å². The van der Waals surface area contributed by atoms with Crippen molar-refractivity contribution in [3.63, 3.8) is 0 Å². The Labute approximate surface area is 219 Å². The highest BCUT2D eigenvalue weighted by Gasteiger charge is 2.38. The van der Waals surface area contributed by atoms with E-state index in [0.29, 0.717) is 24.2 Å². The van der Waals surface area contributed by atoms with Crippen molar-refractivity contribution in [1.29, 1.82) is 0 Å². The molecule has 2 rings (SSSR count). The molecule has 7 N–H and O–H groups in total. The zero-order chi connectivity index (χ0) is 27.5. The first-order chi connectivity index (χ1) is 17.5. The van der Waals surface area contributed by atoms with Gasteiger partial charge in [-0.3, -0.25) is 19.2 Å². The van der Waals surface area contributed by atoms with E-state index < -0.39 is 60.2 Å². The van der Waals surface area contributed by atoms with Crippen molar-refractivity contribution in [2.75, 3.05) is 18.6 Å². The Morgan fingerprint density at radius 1 is 1.05 bits per heavy atom. The van der Waals surface area contributed by atoms with E-state index in [-0.39, 0.29) is 31.6 Å². The average molecular weight is 539 g/mol. The van der Waals surface area contributed by atoms with Crippen molar-refractivity contribution >= 4 is 41.4 Å². The van der Waals surface area contributed by atoms with Crippen LogP contribution in [0.1, 0.15) is 37.7 Å². The zero-order valence-electron chi connectivity index (χ0n) is 20.6. The number of amides is 3. The highest BCUT2D eigenvalue weighted by Crippen LogP contribution is 2.20. The second-order valence-corrected chi connectivity index (χ2v) is 9.83. The van der Waals surface area contributed by atoms with Gasteiger partial charge < -0.3 is 36.6 Å². The molecular formula is C24H34N4O8S. The zero-order valence-corrected chi connectivity index (χ0v) is 21.4. The Morgan fingerprint density at radius 2 is 1.70 bits per heavy atom. The summed E-state index contributed by atoms with van der Waals surface area (Å²) >= 11 is 1.44. The number of aromatic hydroxyl groups is 1. The van der Waals surface area contributed by atoms with Crippen LogP contribution < -0.4 is 16.4 Å². The third kappa shape index (κ3) is 9.25. The Bertz CT molecular complexity index is 974. The largest absolute Gasteiger partial charge is 0.508 e. The maximum absolute atomic E-state index is 13.2. The van der Waals surface area contributed by atoms with Gasteiger partial charge in [-0.15, -0.1) is 0 Å². The number of carboxylic acids is 2. The number of rotatable bonds is 14. The van der Waals surface area contributed by atoms with Gasteiger partial charge in [0.05, 0.1) is 6.04 Å². The van der Waals surface area contributed by atoms with Crippen molar-refractivity contribution in [2.24, 2.45) is 5.73 Å². The molecule has 12 nitrogen and oxygen atoms in total. The molecule has 0 aliphatic carbocycles. The van der Waals surface area contributed by atoms with E-state index in [0.717, 1.165) is 0 Å². The fourth-order valence-corrected chi connectivity index (χ4v) is 4.52. The van der Waals surface area contributed by atoms with E-state index in [9.17, 15) is 34.2 Å². The predicted molar refractivity (Wildman–Crippen MR) is 136 cm³/mol. The molecule has 4 unspecified atom stereocenters. The third-order valence-corrected chi connectivity index (χ3v) is 6.70. The maximum Gasteiger partial charge on any atom is 0.326 e. The van der Waals surface area contributed by atoms with Crippen LogP contribution in [0.15, 0.2) is 24.3 Å². The first-order valence-electron chi connectivity index (χ1n) is 11.9. The number of nitrogens with two attached hydrogens (primary N) is 1. The molecule has 1 saturated heterocycles. The summed E-state index contributed by atoms with van der Waals surface area (Å²) < 4.78 is 0. The molecule has 0 saturated carbocycles. The van der Waals surface area contributed by atoms with Crippen LogP contribution in [0.5, 0.6) is 5.75 Å². The fraction of sp³-hybridized carbons (Fsp3) is 0.542. The molecule has 0 bridgehead atoms. The third-order valence-electron chi connectivity index (χ3n) is 6.05. The molecule has 37 heavy (non-hydrogen) atoms. The number of nitrogens with zero attached hydrogens (tertiary/aromatic N) is 1. The van der Waals surface area contributed by atoms with Crippen LogP contribution >= 0.6 is 11.8 Å². The number of likely N-dealkylation sites (tertiary alicyclic amines) is 1. The molecule has 0 radical (unpaired) electrons. The Kier molecular flexibility index (Phi) is 11.7. The van der Waals surface area contributed by atoms with E-state index in [2.05, 4.69) is 10.6 Å². The normalized spacial score (nSPS) is 17.5. The maximum atomic E-state index is 13.2. The lowest BCUT2D eigenvalue weighted by molar-refractivity contribution is -0.149. The second-order valence-electron chi connectivity index (χ2n) is 8.84. The molecule has 1 aromatic carbocycles. The summed E-state index contributed by atoms with van der Waals surface area (Å²) in [6.07, 6.45) is 2.37. The number of nitrogens with one attached hydrogen (secondary N) is 2. The lowest BCUT2D eigenvalue weighted by atomic mass is 10.0. The average Bonchev–Trinajstić information content (AvgIpc) is 3.35. The Morgan fingerprint density at radius 3 is 2.30 bits per heavy atom. The number of thioether (sulfide) groups is 1. The number of hydrogen-bond donors (Lipinski definition) is 6. The number of hydrogen-bond acceptors (Lipinski definition) is 8. The van der Waals surface area contributed by atoms with Gasteiger partial charge in [-0.25, -0.2) is 4.79 Å². The first-order valence-corrected chi connectivity index (χ1v) is 13.3. The SMILES string of the molecule is CSCCC(NC(=O)C(CCC(=O)O)NC(=O)C(N)Cc1ccc(O)cc1)C(=O)N1CCCC1C(=O)O. The molecule has 1 aromatic rings. The summed E-state index contributed by atoms with van der Waals surface area (Å²) in [6.45, 7) is 0.257. The number of aliphatic carboxylic acids is 2. The molecule has 1 heterocycles. The highest BCUT2D eigenvalue weighted by molar-refractivity contribution is 7.98. The summed E-state index contributed by atoms with van der Waals surface area (Å²) in [6, 6.07) is 1.77. The molecule has 204 valence electrons. The fourth-order valence-electron chi connectivity index (χ4n) is 4.05. The molecule has 0 spiro atoms. The van der Waals surface area contributed by atoms with Crippen molar-refractivity contribution in [1.82, 2.24) is 15.5 Å². The van der Waals surface area contributed by atoms with Crippen molar-refractivity contribution < 1.29 is 39.3 Å². The number of carboxylic acid groups (broad SMARTS) is 2. The van der Waals surface area contributed by atoms with E-state index in [1.54, 1.807) is 12.1 Å². The van der Waals surface area contributed by atoms with Crippen LogP contribution in [0.2, 0.25) is 0 Å². The van der Waals surface area contributed by atoms with Gasteiger partial charge in [0.15, 0.2) is 0 Å². The van der Waals surface area contributed by atoms with Crippen LogP contribution in [0.3, 0.4) is 0 Å². The number of phenols is 1. The van der Waals surface area contributed by atoms with Crippen LogP contribution in [-0.4, -0.2) is 92.6 Å². The predicted octanol–water partition coefficient (Wildman–Crippen LogP) is -0.0749. The summed E-state index contributed by atoms with van der Waals surface area (Å²) in [7, 11) is 0. The van der Waals surface area contributed by atoms with Crippen LogP contribution in [0.25, 0.3) is 0 Å². The van der Waals surface area contributed by atoms with Gasteiger partial charge >= 0.3 is 11.9 Å². The summed E-state index contributed by atoms with van der Waals surface area (Å²) in [4.78, 5) is 63.0. The molecule has 13 heteroatoms. The summed E-state index contributed by atoms with van der Waals surface area (Å²) in [5.74, 6) is -3.69. The highest BCUT2D eigenvalue weighted by atomic mass is 32.2. The molecule has 1 fully saturated rings. The molecule has 0 aromatic heterocycles. The summed E-state index contributed by atoms with van der Waals surface area (Å²) in [5, 5.41) is 33.0. The minimum Gasteiger partial charge on any atom is -0.508 e. The molecule has 4 atom stereocenters. The van der Waals surface area contributed by atoms with Gasteiger partial charge in [-0.1, -0.05) is 12.1 Å². The number of benzene rings is 1. The second kappa shape index (κ2) is 14.4. The lowest BCUT2D eigenvalue weighted by Crippen LogP contribution is -2.57.